The van der Waals surface area contributed by atoms with Crippen LogP contribution in [0, 0.1) is 5.92 Å². The molecule has 186 valence electrons. The highest BCUT2D eigenvalue weighted by atomic mass is 16.2. The summed E-state index contributed by atoms with van der Waals surface area (Å²) in [6.07, 6.45) is 8.55. The van der Waals surface area contributed by atoms with Gasteiger partial charge in [0, 0.05) is 13.6 Å². The Labute approximate surface area is 194 Å². The van der Waals surface area contributed by atoms with Gasteiger partial charge in [-0.05, 0) is 45.1 Å². The van der Waals surface area contributed by atoms with Crippen LogP contribution in [-0.2, 0) is 14.4 Å². The minimum atomic E-state index is -0.631. The van der Waals surface area contributed by atoms with Gasteiger partial charge in [0.05, 0.1) is 12.1 Å². The Bertz CT molecular complexity index is 574. The quantitative estimate of drug-likeness (QED) is 0.144. The zero-order chi connectivity index (χ0) is 24.5. The lowest BCUT2D eigenvalue weighted by Gasteiger charge is -2.35. The summed E-state index contributed by atoms with van der Waals surface area (Å²) in [5, 5.41) is 5.95. The first kappa shape index (κ1) is 29.8. The topological polar surface area (TPSA) is 143 Å². The summed E-state index contributed by atoms with van der Waals surface area (Å²) in [5.41, 5.74) is 10.6. The van der Waals surface area contributed by atoms with Crippen molar-refractivity contribution in [2.45, 2.75) is 96.7 Å². The standard InChI is InChI=1S/C21H40N6O3.C2H6/c1-4-9-17(19(29)26-16(14-28)12-8-13-25-21(22)23)27(3)20(30)18(24-2)15-10-6-5-7-11-15;1-2/h14-18,24H,4-13H2,1-3H3,(H,26,29)(H4,22,23,25);1-2H3. The zero-order valence-electron chi connectivity index (χ0n) is 20.7. The maximum atomic E-state index is 13.2. The number of carbonyl (C=O) groups is 3. The number of amides is 2. The molecular formula is C23H46N6O3. The van der Waals surface area contributed by atoms with Gasteiger partial charge in [0.15, 0.2) is 5.96 Å². The number of nitrogens with zero attached hydrogens (tertiary/aromatic N) is 2. The number of hydrogen-bond acceptors (Lipinski definition) is 5. The van der Waals surface area contributed by atoms with Crippen molar-refractivity contribution in [3.05, 3.63) is 0 Å². The number of guanidine groups is 1. The van der Waals surface area contributed by atoms with E-state index in [0.29, 0.717) is 31.7 Å². The molecule has 6 N–H and O–H groups in total. The van der Waals surface area contributed by atoms with Crippen LogP contribution in [0.15, 0.2) is 4.99 Å². The molecule has 9 nitrogen and oxygen atoms in total. The number of nitrogens with two attached hydrogens (primary N) is 2. The summed E-state index contributed by atoms with van der Waals surface area (Å²) in [6.45, 7) is 6.37. The molecule has 0 aromatic heterocycles. The van der Waals surface area contributed by atoms with Crippen molar-refractivity contribution in [2.24, 2.45) is 22.4 Å². The average Bonchev–Trinajstić information content (AvgIpc) is 2.81. The normalized spacial score (nSPS) is 16.5. The molecule has 1 rings (SSSR count). The largest absolute Gasteiger partial charge is 0.370 e. The van der Waals surface area contributed by atoms with E-state index in [1.807, 2.05) is 20.8 Å². The van der Waals surface area contributed by atoms with Crippen molar-refractivity contribution >= 4 is 24.1 Å². The second kappa shape index (κ2) is 17.4. The van der Waals surface area contributed by atoms with Gasteiger partial charge in [0.2, 0.25) is 11.8 Å². The Morgan fingerprint density at radius 2 is 1.78 bits per heavy atom. The molecule has 1 aliphatic carbocycles. The van der Waals surface area contributed by atoms with Gasteiger partial charge in [-0.25, -0.2) is 0 Å². The molecular weight excluding hydrogens is 408 g/mol. The summed E-state index contributed by atoms with van der Waals surface area (Å²) in [6, 6.07) is -1.53. The minimum absolute atomic E-state index is 0.00175. The van der Waals surface area contributed by atoms with Crippen molar-refractivity contribution in [1.29, 1.82) is 0 Å². The van der Waals surface area contributed by atoms with E-state index in [9.17, 15) is 14.4 Å². The average molecular weight is 455 g/mol. The number of hydrogen-bond donors (Lipinski definition) is 4. The SMILES string of the molecule is CC.CCCC(C(=O)NC(C=O)CCCN=C(N)N)N(C)C(=O)C(NC)C1CCCCC1. The Morgan fingerprint density at radius 1 is 1.16 bits per heavy atom. The van der Waals surface area contributed by atoms with E-state index in [1.54, 1.807) is 19.0 Å². The molecule has 1 aliphatic rings. The number of carbonyl (C=O) groups excluding carboxylic acids is 3. The van der Waals surface area contributed by atoms with Gasteiger partial charge >= 0.3 is 0 Å². The smallest absolute Gasteiger partial charge is 0.243 e. The maximum Gasteiger partial charge on any atom is 0.243 e. The first-order valence-corrected chi connectivity index (χ1v) is 12.1. The Balaban J connectivity index is 0.00000466. The molecule has 1 saturated carbocycles. The van der Waals surface area contributed by atoms with E-state index in [4.69, 9.17) is 11.5 Å². The first-order chi connectivity index (χ1) is 15.3. The fraction of sp³-hybridized carbons (Fsp3) is 0.826. The third-order valence-corrected chi connectivity index (χ3v) is 5.84. The number of rotatable bonds is 13. The van der Waals surface area contributed by atoms with Crippen LogP contribution in [0.3, 0.4) is 0 Å². The van der Waals surface area contributed by atoms with Crippen molar-refractivity contribution in [3.63, 3.8) is 0 Å². The van der Waals surface area contributed by atoms with Crippen LogP contribution in [0.25, 0.3) is 0 Å². The predicted octanol–water partition coefficient (Wildman–Crippen LogP) is 1.55. The van der Waals surface area contributed by atoms with Gasteiger partial charge in [-0.1, -0.05) is 46.5 Å². The predicted molar refractivity (Wildman–Crippen MR) is 130 cm³/mol. The highest BCUT2D eigenvalue weighted by molar-refractivity contribution is 5.90. The van der Waals surface area contributed by atoms with Crippen LogP contribution in [0.1, 0.15) is 78.6 Å². The third-order valence-electron chi connectivity index (χ3n) is 5.84. The molecule has 2 amide bonds. The van der Waals surface area contributed by atoms with Crippen molar-refractivity contribution in [2.75, 3.05) is 20.6 Å². The lowest BCUT2D eigenvalue weighted by atomic mass is 9.83. The number of aldehydes is 1. The number of aliphatic imine (C=N–C) groups is 1. The van der Waals surface area contributed by atoms with Gasteiger partial charge in [0.1, 0.15) is 12.3 Å². The Morgan fingerprint density at radius 3 is 2.28 bits per heavy atom. The van der Waals surface area contributed by atoms with Crippen LogP contribution in [0.5, 0.6) is 0 Å². The van der Waals surface area contributed by atoms with Crippen molar-refractivity contribution in [3.8, 4) is 0 Å². The molecule has 0 aliphatic heterocycles. The highest BCUT2D eigenvalue weighted by Gasteiger charge is 2.35. The monoisotopic (exact) mass is 454 g/mol. The van der Waals surface area contributed by atoms with E-state index in [0.717, 1.165) is 38.4 Å². The van der Waals surface area contributed by atoms with Crippen LogP contribution < -0.4 is 22.1 Å². The van der Waals surface area contributed by atoms with E-state index < -0.39 is 12.1 Å². The molecule has 0 bridgehead atoms. The zero-order valence-corrected chi connectivity index (χ0v) is 20.7. The van der Waals surface area contributed by atoms with Crippen LogP contribution >= 0.6 is 0 Å². The summed E-state index contributed by atoms with van der Waals surface area (Å²) in [7, 11) is 3.49. The van der Waals surface area contributed by atoms with Gasteiger partial charge in [0.25, 0.3) is 0 Å². The minimum Gasteiger partial charge on any atom is -0.370 e. The van der Waals surface area contributed by atoms with Gasteiger partial charge < -0.3 is 31.8 Å². The second-order valence-electron chi connectivity index (χ2n) is 8.12. The van der Waals surface area contributed by atoms with Crippen molar-refractivity contribution in [1.82, 2.24) is 15.5 Å². The molecule has 0 aromatic carbocycles. The summed E-state index contributed by atoms with van der Waals surface area (Å²) < 4.78 is 0. The number of nitrogens with one attached hydrogen (secondary N) is 2. The van der Waals surface area contributed by atoms with Crippen molar-refractivity contribution < 1.29 is 14.4 Å². The van der Waals surface area contributed by atoms with Crippen LogP contribution in [0.4, 0.5) is 0 Å². The molecule has 0 aromatic rings. The van der Waals surface area contributed by atoms with Gasteiger partial charge in [-0.15, -0.1) is 0 Å². The summed E-state index contributed by atoms with van der Waals surface area (Å²) in [5.74, 6) is -0.0669. The fourth-order valence-corrected chi connectivity index (χ4v) is 4.15. The lowest BCUT2D eigenvalue weighted by Crippen LogP contribution is -2.56. The summed E-state index contributed by atoms with van der Waals surface area (Å²) in [4.78, 5) is 43.0. The Kier molecular flexibility index (Phi) is 16.2. The number of likely N-dealkylation sites (N-methyl/N-ethyl adjacent to an activating group) is 2. The van der Waals surface area contributed by atoms with E-state index in [-0.39, 0.29) is 23.8 Å². The molecule has 9 heteroatoms. The highest BCUT2D eigenvalue weighted by Crippen LogP contribution is 2.27. The fourth-order valence-electron chi connectivity index (χ4n) is 4.15. The summed E-state index contributed by atoms with van der Waals surface area (Å²) >= 11 is 0. The second-order valence-corrected chi connectivity index (χ2v) is 8.12. The van der Waals surface area contributed by atoms with E-state index in [2.05, 4.69) is 15.6 Å². The molecule has 0 spiro atoms. The van der Waals surface area contributed by atoms with E-state index in [1.165, 1.54) is 6.42 Å². The van der Waals surface area contributed by atoms with E-state index >= 15 is 0 Å². The third kappa shape index (κ3) is 10.4. The molecule has 1 fully saturated rings. The molecule has 3 unspecified atom stereocenters. The lowest BCUT2D eigenvalue weighted by molar-refractivity contribution is -0.142. The first-order valence-electron chi connectivity index (χ1n) is 12.1. The van der Waals surface area contributed by atoms with Crippen LogP contribution in [0.2, 0.25) is 0 Å². The molecule has 32 heavy (non-hydrogen) atoms. The van der Waals surface area contributed by atoms with Crippen LogP contribution in [-0.4, -0.2) is 67.7 Å². The molecule has 0 radical (unpaired) electrons. The van der Waals surface area contributed by atoms with Gasteiger partial charge in [-0.2, -0.15) is 0 Å². The molecule has 0 heterocycles. The Hall–Kier alpha value is -2.16. The molecule has 3 atom stereocenters. The van der Waals surface area contributed by atoms with Gasteiger partial charge in [-0.3, -0.25) is 14.6 Å². The molecule has 0 saturated heterocycles. The maximum absolute atomic E-state index is 13.2.